The number of benzene rings is 1. The zero-order chi connectivity index (χ0) is 20.9. The fourth-order valence-electron chi connectivity index (χ4n) is 4.00. The molecule has 0 bridgehead atoms. The summed E-state index contributed by atoms with van der Waals surface area (Å²) in [4.78, 5) is 20.6. The molecular weight excluding hydrogens is 408 g/mol. The van der Waals surface area contributed by atoms with Gasteiger partial charge in [-0.2, -0.15) is 0 Å². The van der Waals surface area contributed by atoms with Crippen LogP contribution in [0.4, 0.5) is 0 Å². The summed E-state index contributed by atoms with van der Waals surface area (Å²) >= 11 is 1.58. The number of para-hydroxylation sites is 1. The molecule has 0 atom stereocenters. The van der Waals surface area contributed by atoms with Crippen molar-refractivity contribution in [3.8, 4) is 11.4 Å². The van der Waals surface area contributed by atoms with Crippen LogP contribution in [-0.4, -0.2) is 29.1 Å². The van der Waals surface area contributed by atoms with Gasteiger partial charge >= 0.3 is 0 Å². The van der Waals surface area contributed by atoms with Gasteiger partial charge in [-0.15, -0.1) is 10.2 Å². The first-order chi connectivity index (χ1) is 15.2. The second kappa shape index (κ2) is 7.09. The number of rotatable bonds is 5. The normalized spacial score (nSPS) is 14.0. The molecule has 1 saturated carbocycles. The van der Waals surface area contributed by atoms with Crippen molar-refractivity contribution in [2.75, 3.05) is 0 Å². The van der Waals surface area contributed by atoms with Crippen molar-refractivity contribution >= 4 is 28.3 Å². The van der Waals surface area contributed by atoms with E-state index in [1.807, 2.05) is 37.4 Å². The topological polar surface area (TPSA) is 80.9 Å². The van der Waals surface area contributed by atoms with Crippen LogP contribution in [0, 0.1) is 6.92 Å². The van der Waals surface area contributed by atoms with Crippen molar-refractivity contribution in [2.45, 2.75) is 36.7 Å². The number of fused-ring (bicyclic) bond motifs is 2. The third kappa shape index (κ3) is 3.14. The average Bonchev–Trinajstić information content (AvgIpc) is 3.39. The molecule has 0 aliphatic heterocycles. The second-order valence-electron chi connectivity index (χ2n) is 7.91. The van der Waals surface area contributed by atoms with E-state index < -0.39 is 0 Å². The van der Waals surface area contributed by atoms with Crippen LogP contribution in [0.1, 0.15) is 30.1 Å². The summed E-state index contributed by atoms with van der Waals surface area (Å²) in [6.45, 7) is 1.97. The Kier molecular flexibility index (Phi) is 4.21. The van der Waals surface area contributed by atoms with E-state index in [1.54, 1.807) is 28.4 Å². The monoisotopic (exact) mass is 428 g/mol. The molecule has 0 radical (unpaired) electrons. The van der Waals surface area contributed by atoms with Gasteiger partial charge in [0.2, 0.25) is 0 Å². The number of thioether (sulfide) groups is 1. The number of nitrogens with zero attached hydrogens (tertiary/aromatic N) is 5. The minimum Gasteiger partial charge on any atom is -0.360 e. The molecule has 0 unspecified atom stereocenters. The summed E-state index contributed by atoms with van der Waals surface area (Å²) in [6.07, 6.45) is 6.04. The summed E-state index contributed by atoms with van der Waals surface area (Å²) in [5.41, 5.74) is 4.53. The number of aromatic amines is 1. The highest BCUT2D eigenvalue weighted by Crippen LogP contribution is 2.42. The van der Waals surface area contributed by atoms with E-state index in [-0.39, 0.29) is 5.56 Å². The summed E-state index contributed by atoms with van der Waals surface area (Å²) in [6, 6.07) is 14.1. The Hall–Kier alpha value is -3.39. The van der Waals surface area contributed by atoms with Crippen LogP contribution < -0.4 is 5.56 Å². The summed E-state index contributed by atoms with van der Waals surface area (Å²) in [5, 5.41) is 11.1. The molecule has 154 valence electrons. The highest BCUT2D eigenvalue weighted by molar-refractivity contribution is 7.98. The van der Waals surface area contributed by atoms with E-state index in [1.165, 1.54) is 0 Å². The quantitative estimate of drug-likeness (QED) is 0.421. The van der Waals surface area contributed by atoms with Crippen molar-refractivity contribution in [1.29, 1.82) is 0 Å². The van der Waals surface area contributed by atoms with Crippen LogP contribution in [0.5, 0.6) is 0 Å². The molecular formula is C23H20N6OS. The number of aromatic nitrogens is 6. The molecule has 1 aliphatic rings. The Morgan fingerprint density at radius 3 is 2.90 bits per heavy atom. The lowest BCUT2D eigenvalue weighted by molar-refractivity contribution is 0.669. The predicted octanol–water partition coefficient (Wildman–Crippen LogP) is 4.37. The maximum absolute atomic E-state index is 12.5. The van der Waals surface area contributed by atoms with Gasteiger partial charge in [-0.1, -0.05) is 36.0 Å². The van der Waals surface area contributed by atoms with E-state index in [9.17, 15) is 4.79 Å². The maximum atomic E-state index is 12.5. The zero-order valence-corrected chi connectivity index (χ0v) is 17.8. The third-order valence-corrected chi connectivity index (χ3v) is 6.67. The van der Waals surface area contributed by atoms with Crippen LogP contribution in [0.15, 0.2) is 64.8 Å². The van der Waals surface area contributed by atoms with Gasteiger partial charge in [0.25, 0.3) is 5.56 Å². The summed E-state index contributed by atoms with van der Waals surface area (Å²) < 4.78 is 3.84. The first-order valence-electron chi connectivity index (χ1n) is 10.3. The molecule has 1 fully saturated rings. The SMILES string of the molecule is Cc1cccn2c(=O)cc(CSc3nnc(-c4c[nH]c5ccccc45)n3C3CC3)nc12. The van der Waals surface area contributed by atoms with Crippen molar-refractivity contribution in [2.24, 2.45) is 0 Å². The highest BCUT2D eigenvalue weighted by atomic mass is 32.2. The van der Waals surface area contributed by atoms with Crippen LogP contribution in [0.2, 0.25) is 0 Å². The number of nitrogens with one attached hydrogen (secondary N) is 1. The molecule has 1 aliphatic carbocycles. The molecule has 31 heavy (non-hydrogen) atoms. The molecule has 7 nitrogen and oxygen atoms in total. The van der Waals surface area contributed by atoms with Gasteiger partial charge in [-0.3, -0.25) is 13.8 Å². The average molecular weight is 429 g/mol. The van der Waals surface area contributed by atoms with Crippen LogP contribution in [-0.2, 0) is 5.75 Å². The number of H-pyrrole nitrogens is 1. The molecule has 6 rings (SSSR count). The Morgan fingerprint density at radius 2 is 2.03 bits per heavy atom. The molecule has 1 aromatic carbocycles. The van der Waals surface area contributed by atoms with E-state index in [0.29, 0.717) is 17.4 Å². The van der Waals surface area contributed by atoms with Crippen LogP contribution in [0.3, 0.4) is 0 Å². The number of aryl methyl sites for hydroxylation is 1. The highest BCUT2D eigenvalue weighted by Gasteiger charge is 2.31. The summed E-state index contributed by atoms with van der Waals surface area (Å²) in [5.74, 6) is 1.46. The lowest BCUT2D eigenvalue weighted by atomic mass is 10.1. The third-order valence-electron chi connectivity index (χ3n) is 5.70. The van der Waals surface area contributed by atoms with E-state index in [4.69, 9.17) is 4.98 Å². The standard InChI is InChI=1S/C23H20N6OS/c1-14-5-4-10-28-20(30)11-15(25-21(14)28)13-31-23-27-26-22(29(23)16-8-9-16)18-12-24-19-7-3-2-6-17(18)19/h2-7,10-12,16,24H,8-9,13H2,1H3. The minimum atomic E-state index is -0.0626. The van der Waals surface area contributed by atoms with Crippen molar-refractivity contribution in [3.05, 3.63) is 76.5 Å². The fourth-order valence-corrected chi connectivity index (χ4v) is 4.90. The molecule has 0 saturated heterocycles. The van der Waals surface area contributed by atoms with Crippen LogP contribution >= 0.6 is 11.8 Å². The first kappa shape index (κ1) is 18.4. The maximum Gasteiger partial charge on any atom is 0.258 e. The van der Waals surface area contributed by atoms with Crippen molar-refractivity contribution < 1.29 is 0 Å². The van der Waals surface area contributed by atoms with Gasteiger partial charge in [-0.25, -0.2) is 4.98 Å². The molecule has 5 aromatic rings. The van der Waals surface area contributed by atoms with E-state index >= 15 is 0 Å². The lowest BCUT2D eigenvalue weighted by Crippen LogP contribution is -2.15. The molecule has 4 heterocycles. The van der Waals surface area contributed by atoms with Gasteiger partial charge < -0.3 is 4.98 Å². The Labute approximate surface area is 182 Å². The molecule has 0 spiro atoms. The van der Waals surface area contributed by atoms with E-state index in [0.717, 1.165) is 51.5 Å². The molecule has 0 amide bonds. The Morgan fingerprint density at radius 1 is 1.16 bits per heavy atom. The summed E-state index contributed by atoms with van der Waals surface area (Å²) in [7, 11) is 0. The smallest absolute Gasteiger partial charge is 0.258 e. The lowest BCUT2D eigenvalue weighted by Gasteiger charge is -2.09. The largest absolute Gasteiger partial charge is 0.360 e. The molecule has 8 heteroatoms. The Balaban J connectivity index is 1.36. The van der Waals surface area contributed by atoms with E-state index in [2.05, 4.69) is 31.9 Å². The number of pyridine rings is 1. The van der Waals surface area contributed by atoms with Crippen molar-refractivity contribution in [1.82, 2.24) is 29.1 Å². The number of hydrogen-bond donors (Lipinski definition) is 1. The molecule has 4 aromatic heterocycles. The van der Waals surface area contributed by atoms with Gasteiger partial charge in [0.15, 0.2) is 11.0 Å². The first-order valence-corrected chi connectivity index (χ1v) is 11.3. The van der Waals surface area contributed by atoms with Gasteiger partial charge in [0, 0.05) is 46.7 Å². The zero-order valence-electron chi connectivity index (χ0n) is 16.9. The minimum absolute atomic E-state index is 0.0626. The number of hydrogen-bond acceptors (Lipinski definition) is 5. The van der Waals surface area contributed by atoms with Gasteiger partial charge in [0.1, 0.15) is 5.65 Å². The van der Waals surface area contributed by atoms with Gasteiger partial charge in [0.05, 0.1) is 5.69 Å². The van der Waals surface area contributed by atoms with Crippen molar-refractivity contribution in [3.63, 3.8) is 0 Å². The Bertz CT molecular complexity index is 1490. The molecule has 1 N–H and O–H groups in total. The second-order valence-corrected chi connectivity index (χ2v) is 8.86. The predicted molar refractivity (Wildman–Crippen MR) is 121 cm³/mol. The van der Waals surface area contributed by atoms with Gasteiger partial charge in [-0.05, 0) is 37.5 Å². The fraction of sp³-hybridized carbons (Fsp3) is 0.217. The van der Waals surface area contributed by atoms with Crippen LogP contribution in [0.25, 0.3) is 27.9 Å².